The summed E-state index contributed by atoms with van der Waals surface area (Å²) in [7, 11) is 0. The fourth-order valence-electron chi connectivity index (χ4n) is 3.17. The molecule has 1 aliphatic rings. The van der Waals surface area contributed by atoms with E-state index in [4.69, 9.17) is 4.74 Å². The number of ether oxygens (including phenoxy) is 1. The van der Waals surface area contributed by atoms with Crippen molar-refractivity contribution in [2.24, 2.45) is 0 Å². The molecule has 6 nitrogen and oxygen atoms in total. The first-order chi connectivity index (χ1) is 14.2. The molecule has 3 aromatic carbocycles. The Morgan fingerprint density at radius 1 is 0.931 bits per heavy atom. The van der Waals surface area contributed by atoms with Crippen molar-refractivity contribution in [2.75, 3.05) is 11.9 Å². The SMILES string of the molecule is O=C1COc2cc(C(=O)NN(Cc3ccccc3)Cc3ccccc3)ccc2N1. The number of carbonyl (C=O) groups is 2. The maximum Gasteiger partial charge on any atom is 0.265 e. The number of hydrogen-bond donors (Lipinski definition) is 2. The Morgan fingerprint density at radius 3 is 2.17 bits per heavy atom. The molecule has 0 saturated carbocycles. The van der Waals surface area contributed by atoms with Crippen LogP contribution < -0.4 is 15.5 Å². The monoisotopic (exact) mass is 387 g/mol. The third kappa shape index (κ3) is 4.80. The summed E-state index contributed by atoms with van der Waals surface area (Å²) in [6.45, 7) is 1.09. The molecule has 0 aromatic heterocycles. The van der Waals surface area contributed by atoms with Gasteiger partial charge in [0.2, 0.25) is 0 Å². The van der Waals surface area contributed by atoms with Crippen molar-refractivity contribution in [3.63, 3.8) is 0 Å². The third-order valence-corrected chi connectivity index (χ3v) is 4.57. The maximum atomic E-state index is 12.9. The van der Waals surface area contributed by atoms with Crippen LogP contribution in [0.3, 0.4) is 0 Å². The van der Waals surface area contributed by atoms with Crippen LogP contribution in [0.15, 0.2) is 78.9 Å². The molecular formula is C23H21N3O3. The minimum atomic E-state index is -0.236. The zero-order valence-corrected chi connectivity index (χ0v) is 15.8. The Morgan fingerprint density at radius 2 is 1.55 bits per heavy atom. The number of hydrogen-bond acceptors (Lipinski definition) is 4. The number of carbonyl (C=O) groups excluding carboxylic acids is 2. The van der Waals surface area contributed by atoms with Crippen molar-refractivity contribution in [3.8, 4) is 5.75 Å². The van der Waals surface area contributed by atoms with Crippen LogP contribution in [0.2, 0.25) is 0 Å². The molecule has 0 bridgehead atoms. The van der Waals surface area contributed by atoms with Crippen LogP contribution in [0.5, 0.6) is 5.75 Å². The molecule has 3 aromatic rings. The van der Waals surface area contributed by atoms with Crippen molar-refractivity contribution >= 4 is 17.5 Å². The van der Waals surface area contributed by atoms with E-state index in [0.717, 1.165) is 11.1 Å². The minimum Gasteiger partial charge on any atom is -0.482 e. The second-order valence-electron chi connectivity index (χ2n) is 6.82. The van der Waals surface area contributed by atoms with Gasteiger partial charge >= 0.3 is 0 Å². The van der Waals surface area contributed by atoms with Gasteiger partial charge in [0.1, 0.15) is 5.75 Å². The van der Waals surface area contributed by atoms with E-state index in [0.29, 0.717) is 30.1 Å². The number of anilines is 1. The first kappa shape index (κ1) is 18.7. The summed E-state index contributed by atoms with van der Waals surface area (Å²) in [5.74, 6) is 0.0571. The molecule has 2 N–H and O–H groups in total. The van der Waals surface area contributed by atoms with Crippen LogP contribution in [0, 0.1) is 0 Å². The molecule has 0 unspecified atom stereocenters. The van der Waals surface area contributed by atoms with Crippen LogP contribution in [0.1, 0.15) is 21.5 Å². The van der Waals surface area contributed by atoms with Gasteiger partial charge in [0.25, 0.3) is 11.8 Å². The lowest BCUT2D eigenvalue weighted by molar-refractivity contribution is -0.118. The van der Waals surface area contributed by atoms with E-state index in [1.807, 2.05) is 65.7 Å². The number of fused-ring (bicyclic) bond motifs is 1. The number of nitrogens with zero attached hydrogens (tertiary/aromatic N) is 1. The minimum absolute atomic E-state index is 0.0494. The first-order valence-electron chi connectivity index (χ1n) is 9.38. The quantitative estimate of drug-likeness (QED) is 0.637. The summed E-state index contributed by atoms with van der Waals surface area (Å²) >= 11 is 0. The van der Waals surface area contributed by atoms with E-state index in [-0.39, 0.29) is 18.4 Å². The van der Waals surface area contributed by atoms with E-state index >= 15 is 0 Å². The lowest BCUT2D eigenvalue weighted by atomic mass is 10.1. The van der Waals surface area contributed by atoms with Crippen LogP contribution in [0.25, 0.3) is 0 Å². The van der Waals surface area contributed by atoms with Gasteiger partial charge < -0.3 is 10.1 Å². The average molecular weight is 387 g/mol. The Hall–Kier alpha value is -3.64. The molecule has 0 saturated heterocycles. The van der Waals surface area contributed by atoms with Crippen LogP contribution in [-0.2, 0) is 17.9 Å². The van der Waals surface area contributed by atoms with Crippen molar-refractivity contribution in [3.05, 3.63) is 95.6 Å². The predicted octanol–water partition coefficient (Wildman–Crippen LogP) is 3.36. The van der Waals surface area contributed by atoms with Crippen molar-refractivity contribution in [1.29, 1.82) is 0 Å². The highest BCUT2D eigenvalue weighted by Gasteiger charge is 2.19. The molecule has 4 rings (SSSR count). The fourth-order valence-corrected chi connectivity index (χ4v) is 3.17. The second kappa shape index (κ2) is 8.58. The van der Waals surface area contributed by atoms with Crippen LogP contribution in [-0.4, -0.2) is 23.4 Å². The standard InChI is InChI=1S/C23H21N3O3/c27-22-16-29-21-13-19(11-12-20(21)24-22)23(28)25-26(14-17-7-3-1-4-8-17)15-18-9-5-2-6-10-18/h1-13H,14-16H2,(H,24,27)(H,25,28). The van der Waals surface area contributed by atoms with E-state index in [1.54, 1.807) is 18.2 Å². The highest BCUT2D eigenvalue weighted by atomic mass is 16.5. The zero-order chi connectivity index (χ0) is 20.1. The second-order valence-corrected chi connectivity index (χ2v) is 6.82. The predicted molar refractivity (Wildman–Crippen MR) is 110 cm³/mol. The molecule has 0 atom stereocenters. The molecule has 0 aliphatic carbocycles. The Kier molecular flexibility index (Phi) is 5.54. The number of benzene rings is 3. The Labute approximate surface area is 169 Å². The summed E-state index contributed by atoms with van der Waals surface area (Å²) in [6.07, 6.45) is 0. The summed E-state index contributed by atoms with van der Waals surface area (Å²) in [6, 6.07) is 25.0. The maximum absolute atomic E-state index is 12.9. The Balaban J connectivity index is 1.51. The number of amides is 2. The third-order valence-electron chi connectivity index (χ3n) is 4.57. The summed E-state index contributed by atoms with van der Waals surface area (Å²) in [5, 5.41) is 4.61. The molecule has 2 amide bonds. The van der Waals surface area contributed by atoms with Gasteiger partial charge in [-0.15, -0.1) is 0 Å². The van der Waals surface area contributed by atoms with Gasteiger partial charge in [-0.3, -0.25) is 15.0 Å². The largest absolute Gasteiger partial charge is 0.482 e. The van der Waals surface area contributed by atoms with Gasteiger partial charge in [0.05, 0.1) is 5.69 Å². The highest BCUT2D eigenvalue weighted by molar-refractivity contribution is 5.98. The van der Waals surface area contributed by atoms with Gasteiger partial charge in [-0.25, -0.2) is 5.01 Å². The number of rotatable bonds is 6. The van der Waals surface area contributed by atoms with Crippen molar-refractivity contribution in [2.45, 2.75) is 13.1 Å². The Bertz CT molecular complexity index is 965. The van der Waals surface area contributed by atoms with Gasteiger partial charge in [-0.2, -0.15) is 0 Å². The molecule has 6 heteroatoms. The van der Waals surface area contributed by atoms with Gasteiger partial charge in [-0.1, -0.05) is 60.7 Å². The molecule has 0 radical (unpaired) electrons. The average Bonchev–Trinajstić information content (AvgIpc) is 2.74. The van der Waals surface area contributed by atoms with Crippen molar-refractivity contribution in [1.82, 2.24) is 10.4 Å². The van der Waals surface area contributed by atoms with E-state index < -0.39 is 0 Å². The van der Waals surface area contributed by atoms with Gasteiger partial charge in [-0.05, 0) is 29.3 Å². The molecule has 1 heterocycles. The zero-order valence-electron chi connectivity index (χ0n) is 15.8. The summed E-state index contributed by atoms with van der Waals surface area (Å²) < 4.78 is 5.42. The highest BCUT2D eigenvalue weighted by Crippen LogP contribution is 2.28. The molecule has 146 valence electrons. The van der Waals surface area contributed by atoms with E-state index in [1.165, 1.54) is 0 Å². The molecule has 0 spiro atoms. The van der Waals surface area contributed by atoms with Crippen molar-refractivity contribution < 1.29 is 14.3 Å². The first-order valence-corrected chi connectivity index (χ1v) is 9.38. The topological polar surface area (TPSA) is 70.7 Å². The van der Waals surface area contributed by atoms with E-state index in [2.05, 4.69) is 10.7 Å². The summed E-state index contributed by atoms with van der Waals surface area (Å²) in [5.41, 5.74) is 6.23. The number of hydrazine groups is 1. The molecular weight excluding hydrogens is 366 g/mol. The van der Waals surface area contributed by atoms with Gasteiger partial charge in [0.15, 0.2) is 6.61 Å². The summed E-state index contributed by atoms with van der Waals surface area (Å²) in [4.78, 5) is 24.3. The van der Waals surface area contributed by atoms with Crippen LogP contribution >= 0.6 is 0 Å². The molecule has 0 fully saturated rings. The smallest absolute Gasteiger partial charge is 0.265 e. The lowest BCUT2D eigenvalue weighted by Gasteiger charge is -2.24. The van der Waals surface area contributed by atoms with E-state index in [9.17, 15) is 9.59 Å². The molecule has 1 aliphatic heterocycles. The number of nitrogens with one attached hydrogen (secondary N) is 2. The fraction of sp³-hybridized carbons (Fsp3) is 0.130. The normalized spacial score (nSPS) is 12.7. The van der Waals surface area contributed by atoms with Crippen LogP contribution in [0.4, 0.5) is 5.69 Å². The molecule has 29 heavy (non-hydrogen) atoms. The van der Waals surface area contributed by atoms with Gasteiger partial charge in [0, 0.05) is 18.7 Å². The lowest BCUT2D eigenvalue weighted by Crippen LogP contribution is -2.41.